The highest BCUT2D eigenvalue weighted by Gasteiger charge is 2.21. The summed E-state index contributed by atoms with van der Waals surface area (Å²) in [5.41, 5.74) is 10.2. The molecule has 0 aromatic carbocycles. The van der Waals surface area contributed by atoms with Gasteiger partial charge in [0.15, 0.2) is 0 Å². The number of aromatic nitrogens is 6. The first kappa shape index (κ1) is 28.7. The maximum Gasteiger partial charge on any atom is 0.144 e. The van der Waals surface area contributed by atoms with Gasteiger partial charge in [-0.05, 0) is 83.4 Å². The second-order valence-electron chi connectivity index (χ2n) is 10.1. The van der Waals surface area contributed by atoms with Crippen LogP contribution in [0.25, 0.3) is 22.8 Å². The molecule has 1 atom stereocenters. The van der Waals surface area contributed by atoms with Crippen molar-refractivity contribution >= 4 is 0 Å². The number of aryl methyl sites for hydroxylation is 4. The average molecular weight is 518 g/mol. The molecule has 0 radical (unpaired) electrons. The third kappa shape index (κ3) is 8.34. The second kappa shape index (κ2) is 12.6. The van der Waals surface area contributed by atoms with E-state index in [1.807, 2.05) is 39.0 Å². The van der Waals surface area contributed by atoms with E-state index in [2.05, 4.69) is 43.8 Å². The zero-order valence-corrected chi connectivity index (χ0v) is 23.2. The van der Waals surface area contributed by atoms with Gasteiger partial charge in [0.25, 0.3) is 0 Å². The van der Waals surface area contributed by atoms with Crippen LogP contribution in [0.15, 0.2) is 48.8 Å². The Hall–Kier alpha value is -3.85. The van der Waals surface area contributed by atoms with E-state index in [0.29, 0.717) is 35.4 Å². The SMILES string of the molecule is Cc1nccc(-c2ccc(F)c(C)n2)n1.Cc1nccc(-c2ccc(OC[C@@](C)(N)CC(C)C)c(C)n2)n1. The van der Waals surface area contributed by atoms with Gasteiger partial charge in [-0.1, -0.05) is 13.8 Å². The van der Waals surface area contributed by atoms with E-state index >= 15 is 0 Å². The van der Waals surface area contributed by atoms with Crippen LogP contribution in [0.1, 0.15) is 50.2 Å². The molecule has 0 saturated heterocycles. The molecule has 4 aromatic rings. The van der Waals surface area contributed by atoms with E-state index in [0.717, 1.165) is 35.1 Å². The topological polar surface area (TPSA) is 113 Å². The zero-order valence-electron chi connectivity index (χ0n) is 23.2. The van der Waals surface area contributed by atoms with Crippen LogP contribution in [0.2, 0.25) is 0 Å². The van der Waals surface area contributed by atoms with Crippen molar-refractivity contribution in [2.75, 3.05) is 6.61 Å². The molecule has 0 bridgehead atoms. The largest absolute Gasteiger partial charge is 0.490 e. The predicted molar refractivity (Wildman–Crippen MR) is 147 cm³/mol. The van der Waals surface area contributed by atoms with Gasteiger partial charge in [-0.2, -0.15) is 0 Å². The minimum Gasteiger partial charge on any atom is -0.490 e. The highest BCUT2D eigenvalue weighted by atomic mass is 19.1. The van der Waals surface area contributed by atoms with E-state index < -0.39 is 0 Å². The van der Waals surface area contributed by atoms with Gasteiger partial charge in [0.05, 0.1) is 34.2 Å². The molecule has 0 saturated carbocycles. The van der Waals surface area contributed by atoms with Crippen molar-refractivity contribution in [3.05, 3.63) is 77.6 Å². The molecule has 4 heterocycles. The fraction of sp³-hybridized carbons (Fsp3) is 0.379. The van der Waals surface area contributed by atoms with Gasteiger partial charge in [-0.15, -0.1) is 0 Å². The number of halogens is 1. The van der Waals surface area contributed by atoms with Crippen molar-refractivity contribution in [3.63, 3.8) is 0 Å². The minimum absolute atomic E-state index is 0.301. The van der Waals surface area contributed by atoms with Gasteiger partial charge in [-0.25, -0.2) is 34.3 Å². The lowest BCUT2D eigenvalue weighted by Crippen LogP contribution is -2.43. The standard InChI is InChI=1S/C18H26N4O.C11H10FN3/c1-12(2)10-18(5,19)11-23-17-7-6-15(21-13(17)3)16-8-9-20-14(4)22-16;1-7-9(12)3-4-10(14-7)11-5-6-13-8(2)15-11/h6-9,12H,10-11,19H2,1-5H3;3-6H,1-2H3/t18-;/m0./s1. The van der Waals surface area contributed by atoms with Crippen molar-refractivity contribution in [2.24, 2.45) is 11.7 Å². The maximum atomic E-state index is 13.0. The van der Waals surface area contributed by atoms with Gasteiger partial charge >= 0.3 is 0 Å². The third-order valence-corrected chi connectivity index (χ3v) is 5.57. The number of rotatable bonds is 7. The van der Waals surface area contributed by atoms with Gasteiger partial charge in [0.2, 0.25) is 0 Å². The van der Waals surface area contributed by atoms with Crippen LogP contribution >= 0.6 is 0 Å². The molecule has 0 aliphatic rings. The molecule has 2 N–H and O–H groups in total. The Morgan fingerprint density at radius 2 is 1.26 bits per heavy atom. The van der Waals surface area contributed by atoms with Crippen LogP contribution in [0.4, 0.5) is 4.39 Å². The molecule has 4 rings (SSSR count). The molecule has 0 aliphatic carbocycles. The lowest BCUT2D eigenvalue weighted by atomic mass is 9.93. The quantitative estimate of drug-likeness (QED) is 0.337. The van der Waals surface area contributed by atoms with E-state index in [-0.39, 0.29) is 11.4 Å². The summed E-state index contributed by atoms with van der Waals surface area (Å²) in [6, 6.07) is 10.5. The van der Waals surface area contributed by atoms with E-state index in [4.69, 9.17) is 10.5 Å². The first-order chi connectivity index (χ1) is 17.9. The average Bonchev–Trinajstić information content (AvgIpc) is 2.84. The Morgan fingerprint density at radius 1 is 0.763 bits per heavy atom. The van der Waals surface area contributed by atoms with E-state index in [9.17, 15) is 4.39 Å². The van der Waals surface area contributed by atoms with Crippen molar-refractivity contribution in [2.45, 2.75) is 60.4 Å². The van der Waals surface area contributed by atoms with Crippen LogP contribution in [-0.4, -0.2) is 42.0 Å². The Morgan fingerprint density at radius 3 is 1.74 bits per heavy atom. The van der Waals surface area contributed by atoms with Crippen LogP contribution in [0, 0.1) is 39.4 Å². The first-order valence-corrected chi connectivity index (χ1v) is 12.6. The summed E-state index contributed by atoms with van der Waals surface area (Å²) in [5.74, 6) is 2.41. The van der Waals surface area contributed by atoms with Crippen molar-refractivity contribution < 1.29 is 9.13 Å². The zero-order chi connectivity index (χ0) is 27.9. The van der Waals surface area contributed by atoms with Crippen LogP contribution in [0.5, 0.6) is 5.75 Å². The molecule has 0 spiro atoms. The van der Waals surface area contributed by atoms with Crippen molar-refractivity contribution in [1.82, 2.24) is 29.9 Å². The summed E-state index contributed by atoms with van der Waals surface area (Å²) in [6.07, 6.45) is 4.32. The minimum atomic E-state index is -0.344. The van der Waals surface area contributed by atoms with Crippen LogP contribution in [-0.2, 0) is 0 Å². The fourth-order valence-electron chi connectivity index (χ4n) is 3.96. The summed E-state index contributed by atoms with van der Waals surface area (Å²) < 4.78 is 18.9. The Kier molecular flexibility index (Phi) is 9.52. The number of ether oxygens (including phenoxy) is 1. The van der Waals surface area contributed by atoms with Crippen LogP contribution < -0.4 is 10.5 Å². The summed E-state index contributed by atoms with van der Waals surface area (Å²) in [6.45, 7) is 14.1. The number of hydrogen-bond acceptors (Lipinski definition) is 8. The lowest BCUT2D eigenvalue weighted by molar-refractivity contribution is 0.205. The number of nitrogens with zero attached hydrogens (tertiary/aromatic N) is 6. The molecule has 9 heteroatoms. The normalized spacial score (nSPS) is 12.5. The van der Waals surface area contributed by atoms with Crippen molar-refractivity contribution in [3.8, 4) is 28.5 Å². The molecule has 0 unspecified atom stereocenters. The fourth-order valence-corrected chi connectivity index (χ4v) is 3.96. The number of nitrogens with two attached hydrogens (primary N) is 1. The molecule has 200 valence electrons. The Bertz CT molecular complexity index is 1370. The predicted octanol–water partition coefficient (Wildman–Crippen LogP) is 5.59. The highest BCUT2D eigenvalue weighted by Crippen LogP contribution is 2.23. The first-order valence-electron chi connectivity index (χ1n) is 12.6. The highest BCUT2D eigenvalue weighted by molar-refractivity contribution is 5.55. The molecular weight excluding hydrogens is 481 g/mol. The van der Waals surface area contributed by atoms with Crippen molar-refractivity contribution in [1.29, 1.82) is 0 Å². The summed E-state index contributed by atoms with van der Waals surface area (Å²) in [7, 11) is 0. The molecule has 0 amide bonds. The van der Waals surface area contributed by atoms with Gasteiger partial charge in [0, 0.05) is 17.9 Å². The summed E-state index contributed by atoms with van der Waals surface area (Å²) in [4.78, 5) is 25.4. The van der Waals surface area contributed by atoms with Crippen LogP contribution in [0.3, 0.4) is 0 Å². The monoisotopic (exact) mass is 517 g/mol. The smallest absolute Gasteiger partial charge is 0.144 e. The van der Waals surface area contributed by atoms with E-state index in [1.54, 1.807) is 38.4 Å². The summed E-state index contributed by atoms with van der Waals surface area (Å²) in [5, 5.41) is 0. The third-order valence-electron chi connectivity index (χ3n) is 5.57. The molecule has 0 fully saturated rings. The van der Waals surface area contributed by atoms with Gasteiger partial charge in [-0.3, -0.25) is 0 Å². The Balaban J connectivity index is 0.000000230. The number of pyridine rings is 2. The number of hydrogen-bond donors (Lipinski definition) is 1. The summed E-state index contributed by atoms with van der Waals surface area (Å²) >= 11 is 0. The maximum absolute atomic E-state index is 13.0. The Labute approximate surface area is 224 Å². The second-order valence-corrected chi connectivity index (χ2v) is 10.1. The molecule has 4 aromatic heterocycles. The molecule has 8 nitrogen and oxygen atoms in total. The van der Waals surface area contributed by atoms with Gasteiger partial charge < -0.3 is 10.5 Å². The van der Waals surface area contributed by atoms with E-state index in [1.165, 1.54) is 6.07 Å². The van der Waals surface area contributed by atoms with Gasteiger partial charge in [0.1, 0.15) is 29.8 Å². The molecular formula is C29H36FN7O. The molecule has 0 aliphatic heterocycles. The molecule has 38 heavy (non-hydrogen) atoms. The lowest BCUT2D eigenvalue weighted by Gasteiger charge is -2.26.